The highest BCUT2D eigenvalue weighted by molar-refractivity contribution is 6.32. The van der Waals surface area contributed by atoms with Gasteiger partial charge in [0.25, 0.3) is 11.6 Å². The molecule has 0 aliphatic rings. The molecule has 2 aromatic rings. The second kappa shape index (κ2) is 8.44. The minimum absolute atomic E-state index is 0.180. The maximum atomic E-state index is 13.0. The van der Waals surface area contributed by atoms with Crippen LogP contribution >= 0.6 is 23.2 Å². The number of alkyl halides is 3. The zero-order chi connectivity index (χ0) is 21.1. The van der Waals surface area contributed by atoms with Gasteiger partial charge in [-0.05, 0) is 30.3 Å². The van der Waals surface area contributed by atoms with Gasteiger partial charge in [-0.1, -0.05) is 23.2 Å². The Kier molecular flexibility index (Phi) is 6.47. The van der Waals surface area contributed by atoms with Gasteiger partial charge in [-0.2, -0.15) is 13.2 Å². The molecule has 0 saturated heterocycles. The minimum Gasteiger partial charge on any atom is -0.452 e. The van der Waals surface area contributed by atoms with E-state index in [1.54, 1.807) is 0 Å². The lowest BCUT2D eigenvalue weighted by Crippen LogP contribution is -2.22. The number of nitro benzene ring substituents is 1. The van der Waals surface area contributed by atoms with Gasteiger partial charge >= 0.3 is 12.1 Å². The van der Waals surface area contributed by atoms with Crippen molar-refractivity contribution >= 4 is 46.5 Å². The van der Waals surface area contributed by atoms with Crippen molar-refractivity contribution in [2.45, 2.75) is 6.18 Å². The monoisotopic (exact) mass is 436 g/mol. The summed E-state index contributed by atoms with van der Waals surface area (Å²) in [5.74, 6) is -2.15. The molecular weight excluding hydrogens is 428 g/mol. The molecule has 7 nitrogen and oxygen atoms in total. The summed E-state index contributed by atoms with van der Waals surface area (Å²) in [5.41, 5.74) is -2.55. The lowest BCUT2D eigenvalue weighted by Gasteiger charge is -2.14. The number of benzene rings is 2. The maximum Gasteiger partial charge on any atom is 0.418 e. The summed E-state index contributed by atoms with van der Waals surface area (Å²) in [6.45, 7) is -0.921. The molecule has 0 unspecified atom stereocenters. The average Bonchev–Trinajstić information content (AvgIpc) is 2.60. The van der Waals surface area contributed by atoms with Crippen molar-refractivity contribution in [2.75, 3.05) is 11.9 Å². The van der Waals surface area contributed by atoms with Crippen LogP contribution in [0.1, 0.15) is 15.9 Å². The van der Waals surface area contributed by atoms with E-state index in [0.29, 0.717) is 6.07 Å². The number of carbonyl (C=O) groups is 2. The molecule has 28 heavy (non-hydrogen) atoms. The van der Waals surface area contributed by atoms with E-state index in [4.69, 9.17) is 23.2 Å². The fourth-order valence-electron chi connectivity index (χ4n) is 2.04. The van der Waals surface area contributed by atoms with Gasteiger partial charge in [0.05, 0.1) is 21.7 Å². The third kappa shape index (κ3) is 5.33. The van der Waals surface area contributed by atoms with Gasteiger partial charge in [0.2, 0.25) is 0 Å². The second-order valence-electron chi connectivity index (χ2n) is 5.24. The highest BCUT2D eigenvalue weighted by Gasteiger charge is 2.34. The van der Waals surface area contributed by atoms with Crippen LogP contribution in [0.3, 0.4) is 0 Å². The van der Waals surface area contributed by atoms with Gasteiger partial charge in [-0.15, -0.1) is 0 Å². The van der Waals surface area contributed by atoms with Crippen LogP contribution < -0.4 is 5.32 Å². The number of carbonyl (C=O) groups excluding carboxylic acids is 2. The first kappa shape index (κ1) is 21.5. The molecule has 0 aromatic heterocycles. The van der Waals surface area contributed by atoms with Crippen molar-refractivity contribution in [3.63, 3.8) is 0 Å². The van der Waals surface area contributed by atoms with E-state index in [1.165, 1.54) is 0 Å². The van der Waals surface area contributed by atoms with Crippen molar-refractivity contribution in [1.82, 2.24) is 0 Å². The van der Waals surface area contributed by atoms with Gasteiger partial charge in [0.15, 0.2) is 6.61 Å². The molecule has 0 bridgehead atoms. The summed E-state index contributed by atoms with van der Waals surface area (Å²) < 4.78 is 43.6. The number of hydrogen-bond donors (Lipinski definition) is 1. The summed E-state index contributed by atoms with van der Waals surface area (Å²) in [5, 5.41) is 12.4. The standard InChI is InChI=1S/C16H9Cl2F3N2O5/c17-9-2-4-12(10(6-9)16(19,20)21)22-14(24)7-28-15(25)8-1-3-11(18)13(5-8)23(26)27/h1-6H,7H2,(H,22,24). The third-order valence-corrected chi connectivity index (χ3v) is 3.83. The molecule has 0 atom stereocenters. The molecule has 12 heteroatoms. The van der Waals surface area contributed by atoms with Crippen LogP contribution in [0, 0.1) is 10.1 Å². The van der Waals surface area contributed by atoms with Gasteiger partial charge in [0.1, 0.15) is 5.02 Å². The summed E-state index contributed by atoms with van der Waals surface area (Å²) >= 11 is 11.2. The van der Waals surface area contributed by atoms with Crippen LogP contribution in [0.5, 0.6) is 0 Å². The van der Waals surface area contributed by atoms with Gasteiger partial charge in [-0.3, -0.25) is 14.9 Å². The van der Waals surface area contributed by atoms with Crippen molar-refractivity contribution in [3.05, 3.63) is 67.7 Å². The molecule has 0 aliphatic carbocycles. The number of ether oxygens (including phenoxy) is 1. The van der Waals surface area contributed by atoms with Crippen LogP contribution in [-0.2, 0) is 15.7 Å². The predicted octanol–water partition coefficient (Wildman–Crippen LogP) is 4.72. The number of nitrogens with one attached hydrogen (secondary N) is 1. The smallest absolute Gasteiger partial charge is 0.418 e. The van der Waals surface area contributed by atoms with Crippen LogP contribution in [0.2, 0.25) is 10.0 Å². The first-order chi connectivity index (χ1) is 13.0. The quantitative estimate of drug-likeness (QED) is 0.415. The molecule has 0 aliphatic heterocycles. The van der Waals surface area contributed by atoms with Crippen molar-refractivity contribution in [1.29, 1.82) is 0 Å². The zero-order valence-electron chi connectivity index (χ0n) is 13.5. The largest absolute Gasteiger partial charge is 0.452 e. The fraction of sp³-hybridized carbons (Fsp3) is 0.125. The van der Waals surface area contributed by atoms with E-state index in [2.05, 4.69) is 4.74 Å². The van der Waals surface area contributed by atoms with E-state index < -0.39 is 46.5 Å². The van der Waals surface area contributed by atoms with E-state index in [-0.39, 0.29) is 15.6 Å². The highest BCUT2D eigenvalue weighted by atomic mass is 35.5. The Balaban J connectivity index is 2.07. The van der Waals surface area contributed by atoms with Crippen LogP contribution in [-0.4, -0.2) is 23.4 Å². The number of rotatable bonds is 5. The topological polar surface area (TPSA) is 98.5 Å². The van der Waals surface area contributed by atoms with E-state index in [0.717, 1.165) is 30.3 Å². The number of nitro groups is 1. The van der Waals surface area contributed by atoms with Crippen LogP contribution in [0.4, 0.5) is 24.5 Å². The third-order valence-electron chi connectivity index (χ3n) is 3.27. The number of anilines is 1. The number of esters is 1. The summed E-state index contributed by atoms with van der Waals surface area (Å²) in [7, 11) is 0. The van der Waals surface area contributed by atoms with E-state index >= 15 is 0 Å². The Morgan fingerprint density at radius 3 is 2.43 bits per heavy atom. The molecule has 2 aromatic carbocycles. The average molecular weight is 437 g/mol. The second-order valence-corrected chi connectivity index (χ2v) is 6.08. The predicted molar refractivity (Wildman–Crippen MR) is 93.5 cm³/mol. The van der Waals surface area contributed by atoms with Crippen LogP contribution in [0.15, 0.2) is 36.4 Å². The molecule has 0 spiro atoms. The first-order valence-electron chi connectivity index (χ1n) is 7.26. The molecule has 148 valence electrons. The van der Waals surface area contributed by atoms with E-state index in [1.807, 2.05) is 5.32 Å². The lowest BCUT2D eigenvalue weighted by molar-refractivity contribution is -0.384. The maximum absolute atomic E-state index is 13.0. The Labute approximate surface area is 165 Å². The Morgan fingerprint density at radius 2 is 1.82 bits per heavy atom. The zero-order valence-corrected chi connectivity index (χ0v) is 15.1. The first-order valence-corrected chi connectivity index (χ1v) is 8.02. The molecule has 0 radical (unpaired) electrons. The molecule has 1 N–H and O–H groups in total. The molecule has 0 saturated carbocycles. The molecule has 0 fully saturated rings. The van der Waals surface area contributed by atoms with Gasteiger partial charge < -0.3 is 10.1 Å². The Hall–Kier alpha value is -2.85. The van der Waals surface area contributed by atoms with Gasteiger partial charge in [0, 0.05) is 11.1 Å². The van der Waals surface area contributed by atoms with Crippen molar-refractivity contribution < 1.29 is 32.4 Å². The molecular formula is C16H9Cl2F3N2O5. The lowest BCUT2D eigenvalue weighted by atomic mass is 10.1. The van der Waals surface area contributed by atoms with Crippen LogP contribution in [0.25, 0.3) is 0 Å². The number of nitrogens with zero attached hydrogens (tertiary/aromatic N) is 1. The van der Waals surface area contributed by atoms with Crippen molar-refractivity contribution in [2.24, 2.45) is 0 Å². The molecule has 2 rings (SSSR count). The summed E-state index contributed by atoms with van der Waals surface area (Å²) in [6, 6.07) is 5.81. The molecule has 1 amide bonds. The van der Waals surface area contributed by atoms with Gasteiger partial charge in [-0.25, -0.2) is 4.79 Å². The number of halogens is 5. The SMILES string of the molecule is O=C(COC(=O)c1ccc(Cl)c([N+](=O)[O-])c1)Nc1ccc(Cl)cc1C(F)(F)F. The van der Waals surface area contributed by atoms with E-state index in [9.17, 15) is 32.9 Å². The summed E-state index contributed by atoms with van der Waals surface area (Å²) in [4.78, 5) is 33.7. The Bertz CT molecular complexity index is 950. The normalized spacial score (nSPS) is 11.0. The summed E-state index contributed by atoms with van der Waals surface area (Å²) in [6.07, 6.45) is -4.77. The van der Waals surface area contributed by atoms with Crippen molar-refractivity contribution in [3.8, 4) is 0 Å². The Morgan fingerprint density at radius 1 is 1.14 bits per heavy atom. The molecule has 0 heterocycles. The highest BCUT2D eigenvalue weighted by Crippen LogP contribution is 2.36. The number of hydrogen-bond acceptors (Lipinski definition) is 5. The fourth-order valence-corrected chi connectivity index (χ4v) is 2.40. The number of amides is 1. The minimum atomic E-state index is -4.77.